The van der Waals surface area contributed by atoms with Crippen LogP contribution < -0.4 is 9.57 Å². The third kappa shape index (κ3) is 3.65. The average molecular weight is 335 g/mol. The predicted molar refractivity (Wildman–Crippen MR) is 89.5 cm³/mol. The highest BCUT2D eigenvalue weighted by Crippen LogP contribution is 2.31. The number of oxime groups is 1. The molecule has 0 saturated heterocycles. The summed E-state index contributed by atoms with van der Waals surface area (Å²) < 4.78 is 7.90. The third-order valence-corrected chi connectivity index (χ3v) is 3.90. The van der Waals surface area contributed by atoms with Gasteiger partial charge in [0, 0.05) is 30.8 Å². The molecule has 0 bridgehead atoms. The molecule has 1 N–H and O–H groups in total. The van der Waals surface area contributed by atoms with Crippen LogP contribution in [0.25, 0.3) is 11.1 Å². The lowest BCUT2D eigenvalue weighted by molar-refractivity contribution is 0.00426. The van der Waals surface area contributed by atoms with Crippen LogP contribution >= 0.6 is 11.8 Å². The van der Waals surface area contributed by atoms with E-state index < -0.39 is 0 Å². The number of hydrogen-bond acceptors (Lipinski definition) is 5. The van der Waals surface area contributed by atoms with Gasteiger partial charge in [-0.2, -0.15) is 5.10 Å². The Morgan fingerprint density at radius 1 is 1.48 bits per heavy atom. The summed E-state index contributed by atoms with van der Waals surface area (Å²) in [4.78, 5) is 8.01. The molecule has 1 aromatic carbocycles. The van der Waals surface area contributed by atoms with Crippen molar-refractivity contribution in [1.29, 1.82) is 0 Å². The minimum Gasteiger partial charge on any atom is -0.486 e. The topological polar surface area (TPSA) is 60.7 Å². The zero-order valence-electron chi connectivity index (χ0n) is 13.1. The number of nitrogens with zero attached hydrogens (tertiary/aromatic N) is 3. The summed E-state index contributed by atoms with van der Waals surface area (Å²) in [5.41, 5.74) is 2.92. The van der Waals surface area contributed by atoms with Crippen molar-refractivity contribution >= 4 is 17.5 Å². The Balaban J connectivity index is 1.71. The maximum atomic E-state index is 6.13. The van der Waals surface area contributed by atoms with Gasteiger partial charge in [-0.3, -0.25) is 4.68 Å². The maximum absolute atomic E-state index is 6.13. The van der Waals surface area contributed by atoms with Gasteiger partial charge in [0.2, 0.25) is 0 Å². The SMILES string of the molecule is CC(Oc1ccccc1-c1cnn(C)c1)C1CC(CNCl)=NO1. The van der Waals surface area contributed by atoms with Crippen molar-refractivity contribution in [1.82, 2.24) is 14.6 Å². The molecule has 2 heterocycles. The van der Waals surface area contributed by atoms with Crippen molar-refractivity contribution in [2.24, 2.45) is 12.2 Å². The molecule has 0 radical (unpaired) electrons. The Morgan fingerprint density at radius 2 is 2.30 bits per heavy atom. The predicted octanol–water partition coefficient (Wildman–Crippen LogP) is 2.74. The first kappa shape index (κ1) is 15.8. The van der Waals surface area contributed by atoms with Crippen molar-refractivity contribution in [3.63, 3.8) is 0 Å². The van der Waals surface area contributed by atoms with Crippen LogP contribution in [0, 0.1) is 0 Å². The molecule has 6 nitrogen and oxygen atoms in total. The van der Waals surface area contributed by atoms with Crippen LogP contribution in [0.1, 0.15) is 13.3 Å². The normalized spacial score (nSPS) is 18.4. The molecule has 7 heteroatoms. The summed E-state index contributed by atoms with van der Waals surface area (Å²) in [6.45, 7) is 2.49. The van der Waals surface area contributed by atoms with Gasteiger partial charge in [0.1, 0.15) is 11.9 Å². The van der Waals surface area contributed by atoms with Gasteiger partial charge in [0.05, 0.1) is 18.5 Å². The highest BCUT2D eigenvalue weighted by Gasteiger charge is 2.28. The fraction of sp³-hybridized carbons (Fsp3) is 0.375. The molecule has 1 aromatic heterocycles. The van der Waals surface area contributed by atoms with Crippen molar-refractivity contribution in [2.45, 2.75) is 25.6 Å². The number of para-hydroxylation sites is 1. The van der Waals surface area contributed by atoms with Gasteiger partial charge in [-0.25, -0.2) is 4.84 Å². The summed E-state index contributed by atoms with van der Waals surface area (Å²) in [5.74, 6) is 0.806. The van der Waals surface area contributed by atoms with Gasteiger partial charge in [-0.05, 0) is 24.8 Å². The molecule has 2 aromatic rings. The van der Waals surface area contributed by atoms with Crippen LogP contribution in [0.5, 0.6) is 5.75 Å². The van der Waals surface area contributed by atoms with Crippen molar-refractivity contribution < 1.29 is 9.57 Å². The molecule has 2 unspecified atom stereocenters. The summed E-state index contributed by atoms with van der Waals surface area (Å²) in [5, 5.41) is 8.25. The van der Waals surface area contributed by atoms with E-state index in [0.717, 1.165) is 22.6 Å². The summed E-state index contributed by atoms with van der Waals surface area (Å²) in [6, 6.07) is 7.92. The van der Waals surface area contributed by atoms with Gasteiger partial charge in [-0.1, -0.05) is 23.4 Å². The van der Waals surface area contributed by atoms with Gasteiger partial charge in [0.15, 0.2) is 6.10 Å². The number of rotatable bonds is 6. The lowest BCUT2D eigenvalue weighted by Gasteiger charge is -2.20. The van der Waals surface area contributed by atoms with Crippen LogP contribution in [0.2, 0.25) is 0 Å². The van der Waals surface area contributed by atoms with Gasteiger partial charge < -0.3 is 9.57 Å². The number of ether oxygens (including phenoxy) is 1. The Morgan fingerprint density at radius 3 is 3.04 bits per heavy atom. The quantitative estimate of drug-likeness (QED) is 0.825. The molecule has 0 spiro atoms. The monoisotopic (exact) mass is 334 g/mol. The number of aryl methyl sites for hydroxylation is 1. The van der Waals surface area contributed by atoms with E-state index in [1.807, 2.05) is 50.6 Å². The first-order valence-electron chi connectivity index (χ1n) is 7.47. The molecule has 2 atom stereocenters. The lowest BCUT2D eigenvalue weighted by Crippen LogP contribution is -2.30. The second-order valence-electron chi connectivity index (χ2n) is 5.54. The third-order valence-electron chi connectivity index (χ3n) is 3.76. The Hall–Kier alpha value is -2.05. The highest BCUT2D eigenvalue weighted by molar-refractivity contribution is 6.14. The number of nitrogens with one attached hydrogen (secondary N) is 1. The average Bonchev–Trinajstić information content (AvgIpc) is 3.17. The van der Waals surface area contributed by atoms with E-state index in [4.69, 9.17) is 21.4 Å². The molecule has 23 heavy (non-hydrogen) atoms. The first-order valence-corrected chi connectivity index (χ1v) is 7.85. The maximum Gasteiger partial charge on any atom is 0.169 e. The highest BCUT2D eigenvalue weighted by atomic mass is 35.5. The summed E-state index contributed by atoms with van der Waals surface area (Å²) in [6.07, 6.45) is 4.25. The number of hydrogen-bond donors (Lipinski definition) is 1. The molecule has 1 aliphatic rings. The lowest BCUT2D eigenvalue weighted by atomic mass is 10.1. The van der Waals surface area contributed by atoms with Crippen LogP contribution in [0.3, 0.4) is 0 Å². The Bertz CT molecular complexity index is 701. The second kappa shape index (κ2) is 7.02. The van der Waals surface area contributed by atoms with Gasteiger partial charge >= 0.3 is 0 Å². The van der Waals surface area contributed by atoms with E-state index >= 15 is 0 Å². The largest absolute Gasteiger partial charge is 0.486 e. The summed E-state index contributed by atoms with van der Waals surface area (Å²) in [7, 11) is 1.89. The fourth-order valence-electron chi connectivity index (χ4n) is 2.53. The molecular weight excluding hydrogens is 316 g/mol. The van der Waals surface area contributed by atoms with Crippen LogP contribution in [-0.4, -0.2) is 34.2 Å². The standard InChI is InChI=1S/C16H19ClN4O2/c1-11(16-7-13(9-18-17)20-23-16)22-15-6-4-3-5-14(15)12-8-19-21(2)10-12/h3-6,8,10-11,16,18H,7,9H2,1-2H3. The van der Waals surface area contributed by atoms with Gasteiger partial charge in [0.25, 0.3) is 0 Å². The molecule has 1 aliphatic heterocycles. The molecule has 122 valence electrons. The van der Waals surface area contributed by atoms with Crippen LogP contribution in [0.15, 0.2) is 41.8 Å². The minimum atomic E-state index is -0.135. The first-order chi connectivity index (χ1) is 11.2. The zero-order valence-corrected chi connectivity index (χ0v) is 13.8. The molecule has 0 fully saturated rings. The minimum absolute atomic E-state index is 0.114. The molecule has 0 amide bonds. The van der Waals surface area contributed by atoms with E-state index in [9.17, 15) is 0 Å². The second-order valence-corrected chi connectivity index (χ2v) is 5.80. The summed E-state index contributed by atoms with van der Waals surface area (Å²) >= 11 is 5.50. The zero-order chi connectivity index (χ0) is 16.2. The van der Waals surface area contributed by atoms with Crippen LogP contribution in [-0.2, 0) is 11.9 Å². The number of halogens is 1. The number of benzene rings is 1. The number of aromatic nitrogens is 2. The van der Waals surface area contributed by atoms with Crippen molar-refractivity contribution in [3.05, 3.63) is 36.7 Å². The van der Waals surface area contributed by atoms with E-state index in [1.165, 1.54) is 0 Å². The Labute approximate surface area is 140 Å². The molecule has 0 aliphatic carbocycles. The molecular formula is C16H19ClN4O2. The van der Waals surface area contributed by atoms with Crippen LogP contribution in [0.4, 0.5) is 0 Å². The van der Waals surface area contributed by atoms with Crippen molar-refractivity contribution in [2.75, 3.05) is 6.54 Å². The van der Waals surface area contributed by atoms with Gasteiger partial charge in [-0.15, -0.1) is 0 Å². The smallest absolute Gasteiger partial charge is 0.169 e. The van der Waals surface area contributed by atoms with Crippen molar-refractivity contribution in [3.8, 4) is 16.9 Å². The van der Waals surface area contributed by atoms with E-state index in [1.54, 1.807) is 4.68 Å². The fourth-order valence-corrected chi connectivity index (χ4v) is 2.68. The molecule has 0 saturated carbocycles. The molecule has 3 rings (SSSR count). The van der Waals surface area contributed by atoms with E-state index in [2.05, 4.69) is 15.1 Å². The van der Waals surface area contributed by atoms with E-state index in [0.29, 0.717) is 13.0 Å². The Kier molecular flexibility index (Phi) is 4.83. The van der Waals surface area contributed by atoms with E-state index in [-0.39, 0.29) is 12.2 Å².